The zero-order valence-electron chi connectivity index (χ0n) is 9.85. The molecule has 0 unspecified atom stereocenters. The van der Waals surface area contributed by atoms with Gasteiger partial charge in [0.15, 0.2) is 0 Å². The van der Waals surface area contributed by atoms with Crippen molar-refractivity contribution in [1.82, 2.24) is 15.1 Å². The van der Waals surface area contributed by atoms with E-state index in [0.29, 0.717) is 12.4 Å². The number of rotatable bonds is 3. The number of nitrogens with one attached hydrogen (secondary N) is 1. The quantitative estimate of drug-likeness (QED) is 0.754. The molecule has 0 bridgehead atoms. The molecule has 2 heterocycles. The summed E-state index contributed by atoms with van der Waals surface area (Å²) in [5, 5.41) is 9.91. The lowest BCUT2D eigenvalue weighted by atomic mass is 10.1. The second-order valence-corrected chi connectivity index (χ2v) is 4.29. The predicted molar refractivity (Wildman–Crippen MR) is 61.3 cm³/mol. The maximum absolute atomic E-state index is 11.7. The van der Waals surface area contributed by atoms with Crippen LogP contribution < -0.4 is 11.1 Å². The summed E-state index contributed by atoms with van der Waals surface area (Å²) >= 11 is 0. The number of aromatic nitrogens is 2. The third-order valence-electron chi connectivity index (χ3n) is 2.77. The van der Waals surface area contributed by atoms with E-state index in [1.165, 1.54) is 0 Å². The summed E-state index contributed by atoms with van der Waals surface area (Å²) in [7, 11) is 0. The molecule has 1 saturated heterocycles. The third-order valence-corrected chi connectivity index (χ3v) is 2.77. The lowest BCUT2D eigenvalue weighted by Crippen LogP contribution is -2.43. The Balaban J connectivity index is 1.77. The molecule has 17 heavy (non-hydrogen) atoms. The number of likely N-dealkylation sites (tertiary alicyclic amines) is 1. The zero-order chi connectivity index (χ0) is 12.3. The van der Waals surface area contributed by atoms with Gasteiger partial charge in [0.1, 0.15) is 0 Å². The Hall–Kier alpha value is -1.47. The van der Waals surface area contributed by atoms with Crippen LogP contribution in [0.3, 0.4) is 0 Å². The van der Waals surface area contributed by atoms with Crippen molar-refractivity contribution in [2.45, 2.75) is 25.8 Å². The summed E-state index contributed by atoms with van der Waals surface area (Å²) in [6, 6.07) is 0.425. The lowest BCUT2D eigenvalue weighted by molar-refractivity contribution is -0.117. The van der Waals surface area contributed by atoms with Crippen LogP contribution in [-0.2, 0) is 4.79 Å². The monoisotopic (exact) mass is 239 g/mol. The number of nitrogens with two attached hydrogens (primary N) is 1. The number of carbonyl (C=O) groups excluding carboxylic acids is 1. The normalized spacial score (nSPS) is 18.2. The first-order valence-electron chi connectivity index (χ1n) is 5.71. The number of hydrogen-bond donors (Lipinski definition) is 2. The Morgan fingerprint density at radius 2 is 2.24 bits per heavy atom. The van der Waals surface area contributed by atoms with Crippen molar-refractivity contribution in [3.63, 3.8) is 0 Å². The zero-order valence-corrected chi connectivity index (χ0v) is 9.85. The molecule has 0 radical (unpaired) electrons. The average molecular weight is 239 g/mol. The van der Waals surface area contributed by atoms with Gasteiger partial charge >= 0.3 is 6.01 Å². The van der Waals surface area contributed by atoms with Crippen LogP contribution in [-0.4, -0.2) is 46.7 Å². The Bertz CT molecular complexity index is 384. The molecular formula is C10H17N5O2. The van der Waals surface area contributed by atoms with E-state index in [1.807, 2.05) is 0 Å². The molecule has 94 valence electrons. The van der Waals surface area contributed by atoms with Crippen LogP contribution >= 0.6 is 0 Å². The molecule has 1 aliphatic heterocycles. The van der Waals surface area contributed by atoms with Gasteiger partial charge < -0.3 is 10.2 Å². The molecule has 7 heteroatoms. The van der Waals surface area contributed by atoms with Gasteiger partial charge in [-0.2, -0.15) is 0 Å². The molecule has 0 aliphatic carbocycles. The second kappa shape index (κ2) is 5.24. The first-order chi connectivity index (χ1) is 8.13. The number of piperidine rings is 1. The van der Waals surface area contributed by atoms with Gasteiger partial charge in [0.2, 0.25) is 11.8 Å². The van der Waals surface area contributed by atoms with Gasteiger partial charge in [-0.05, 0) is 12.8 Å². The van der Waals surface area contributed by atoms with Crippen LogP contribution in [0.1, 0.15) is 18.7 Å². The standard InChI is InChI=1S/C10H17N5O2/c1-7-13-14-10(17-7)12-9(16)6-15-4-2-8(11)3-5-15/h8H,2-6,11H2,1H3,(H,12,14,16). The van der Waals surface area contributed by atoms with Crippen LogP contribution in [0.15, 0.2) is 4.42 Å². The number of amides is 1. The highest BCUT2D eigenvalue weighted by Crippen LogP contribution is 2.08. The summed E-state index contributed by atoms with van der Waals surface area (Å²) < 4.78 is 5.07. The van der Waals surface area contributed by atoms with E-state index in [0.717, 1.165) is 25.9 Å². The van der Waals surface area contributed by atoms with Gasteiger partial charge in [-0.15, -0.1) is 5.10 Å². The molecule has 1 aromatic rings. The van der Waals surface area contributed by atoms with Gasteiger partial charge in [-0.3, -0.25) is 15.0 Å². The van der Waals surface area contributed by atoms with E-state index in [9.17, 15) is 4.79 Å². The minimum Gasteiger partial charge on any atom is -0.408 e. The second-order valence-electron chi connectivity index (χ2n) is 4.29. The van der Waals surface area contributed by atoms with Crippen LogP contribution in [0.4, 0.5) is 6.01 Å². The van der Waals surface area contributed by atoms with Crippen LogP contribution in [0.2, 0.25) is 0 Å². The van der Waals surface area contributed by atoms with E-state index in [2.05, 4.69) is 20.4 Å². The van der Waals surface area contributed by atoms with Gasteiger partial charge in [-0.1, -0.05) is 5.10 Å². The number of carbonyl (C=O) groups is 1. The highest BCUT2D eigenvalue weighted by Gasteiger charge is 2.18. The molecule has 7 nitrogen and oxygen atoms in total. The van der Waals surface area contributed by atoms with Crippen molar-refractivity contribution in [2.24, 2.45) is 5.73 Å². The van der Waals surface area contributed by atoms with Crippen molar-refractivity contribution in [3.8, 4) is 0 Å². The van der Waals surface area contributed by atoms with Crippen LogP contribution in [0.25, 0.3) is 0 Å². The topological polar surface area (TPSA) is 97.3 Å². The first kappa shape index (κ1) is 12.0. The molecule has 1 amide bonds. The summed E-state index contributed by atoms with van der Waals surface area (Å²) in [6.07, 6.45) is 1.87. The van der Waals surface area contributed by atoms with E-state index in [4.69, 9.17) is 10.2 Å². The lowest BCUT2D eigenvalue weighted by Gasteiger charge is -2.29. The van der Waals surface area contributed by atoms with E-state index in [1.54, 1.807) is 6.92 Å². The molecule has 2 rings (SSSR count). The van der Waals surface area contributed by atoms with E-state index in [-0.39, 0.29) is 18.0 Å². The van der Waals surface area contributed by atoms with Crippen molar-refractivity contribution in [3.05, 3.63) is 5.89 Å². The average Bonchev–Trinajstić information content (AvgIpc) is 2.67. The van der Waals surface area contributed by atoms with Crippen molar-refractivity contribution >= 4 is 11.9 Å². The Morgan fingerprint density at radius 1 is 1.53 bits per heavy atom. The fourth-order valence-corrected chi connectivity index (χ4v) is 1.82. The molecule has 1 aromatic heterocycles. The summed E-state index contributed by atoms with van der Waals surface area (Å²) in [5.41, 5.74) is 5.79. The molecule has 3 N–H and O–H groups in total. The highest BCUT2D eigenvalue weighted by molar-refractivity contribution is 5.90. The Morgan fingerprint density at radius 3 is 2.82 bits per heavy atom. The fourth-order valence-electron chi connectivity index (χ4n) is 1.82. The Kier molecular flexibility index (Phi) is 3.70. The number of nitrogens with zero attached hydrogens (tertiary/aromatic N) is 3. The Labute approximate surface area is 99.4 Å². The van der Waals surface area contributed by atoms with Gasteiger partial charge in [0, 0.05) is 26.1 Å². The molecule has 1 aliphatic rings. The molecule has 1 fully saturated rings. The number of aryl methyl sites for hydroxylation is 1. The maximum Gasteiger partial charge on any atom is 0.322 e. The van der Waals surface area contributed by atoms with Crippen molar-refractivity contribution in [2.75, 3.05) is 25.0 Å². The first-order valence-corrected chi connectivity index (χ1v) is 5.71. The fraction of sp³-hybridized carbons (Fsp3) is 0.700. The largest absolute Gasteiger partial charge is 0.408 e. The molecule has 0 saturated carbocycles. The summed E-state index contributed by atoms with van der Waals surface area (Å²) in [5.74, 6) is 0.299. The summed E-state index contributed by atoms with van der Waals surface area (Å²) in [6.45, 7) is 3.73. The third kappa shape index (κ3) is 3.50. The smallest absolute Gasteiger partial charge is 0.322 e. The van der Waals surface area contributed by atoms with E-state index < -0.39 is 0 Å². The minimum atomic E-state index is -0.135. The van der Waals surface area contributed by atoms with E-state index >= 15 is 0 Å². The molecule has 0 spiro atoms. The molecular weight excluding hydrogens is 222 g/mol. The highest BCUT2D eigenvalue weighted by atomic mass is 16.4. The van der Waals surface area contributed by atoms with Crippen LogP contribution in [0.5, 0.6) is 0 Å². The SMILES string of the molecule is Cc1nnc(NC(=O)CN2CCC(N)CC2)o1. The van der Waals surface area contributed by atoms with Crippen LogP contribution in [0, 0.1) is 6.92 Å². The van der Waals surface area contributed by atoms with Gasteiger partial charge in [0.25, 0.3) is 0 Å². The van der Waals surface area contributed by atoms with Gasteiger partial charge in [0.05, 0.1) is 6.54 Å². The predicted octanol–water partition coefficient (Wildman–Crippen LogP) is -0.260. The van der Waals surface area contributed by atoms with Crippen molar-refractivity contribution < 1.29 is 9.21 Å². The summed E-state index contributed by atoms with van der Waals surface area (Å²) in [4.78, 5) is 13.7. The van der Waals surface area contributed by atoms with Gasteiger partial charge in [-0.25, -0.2) is 0 Å². The minimum absolute atomic E-state index is 0.135. The maximum atomic E-state index is 11.7. The van der Waals surface area contributed by atoms with Crippen molar-refractivity contribution in [1.29, 1.82) is 0 Å². The molecule has 0 aromatic carbocycles. The molecule has 0 atom stereocenters. The number of anilines is 1. The number of hydrogen-bond acceptors (Lipinski definition) is 6.